The van der Waals surface area contributed by atoms with Gasteiger partial charge in [0.2, 0.25) is 0 Å². The molecule has 2 N–H and O–H groups in total. The van der Waals surface area contributed by atoms with Gasteiger partial charge in [0.05, 0.1) is 0 Å². The zero-order chi connectivity index (χ0) is 15.5. The van der Waals surface area contributed by atoms with Crippen molar-refractivity contribution in [1.82, 2.24) is 9.88 Å². The van der Waals surface area contributed by atoms with E-state index in [1.54, 1.807) is 18.3 Å². The number of nitrogens with one attached hydrogen (secondary N) is 1. The molecule has 22 heavy (non-hydrogen) atoms. The van der Waals surface area contributed by atoms with E-state index in [2.05, 4.69) is 4.98 Å². The first kappa shape index (κ1) is 14.4. The molecule has 1 aromatic heterocycles. The van der Waals surface area contributed by atoms with Gasteiger partial charge in [-0.15, -0.1) is 0 Å². The van der Waals surface area contributed by atoms with Crippen LogP contribution in [0, 0.1) is 11.3 Å². The second kappa shape index (κ2) is 6.08. The molecule has 0 radical (unpaired) electrons. The van der Waals surface area contributed by atoms with Gasteiger partial charge in [-0.3, -0.25) is 9.69 Å². The first-order valence-electron chi connectivity index (χ1n) is 7.28. The van der Waals surface area contributed by atoms with Crippen molar-refractivity contribution in [2.24, 2.45) is 0 Å². The van der Waals surface area contributed by atoms with Crippen LogP contribution in [0.1, 0.15) is 24.4 Å². The van der Waals surface area contributed by atoms with E-state index in [4.69, 9.17) is 10.00 Å². The molecule has 0 aliphatic carbocycles. The molecule has 1 unspecified atom stereocenters. The fourth-order valence-corrected chi connectivity index (χ4v) is 3.04. The molecule has 1 saturated heterocycles. The lowest BCUT2D eigenvalue weighted by molar-refractivity contribution is -0.143. The summed E-state index contributed by atoms with van der Waals surface area (Å²) in [5.41, 5.74) is 1.61. The van der Waals surface area contributed by atoms with Crippen molar-refractivity contribution in [3.8, 4) is 11.8 Å². The van der Waals surface area contributed by atoms with Crippen LogP contribution in [0.3, 0.4) is 0 Å². The largest absolute Gasteiger partial charge is 0.480 e. The highest BCUT2D eigenvalue weighted by atomic mass is 16.5. The van der Waals surface area contributed by atoms with Gasteiger partial charge < -0.3 is 14.8 Å². The number of fused-ring (bicyclic) bond motifs is 1. The normalized spacial score (nSPS) is 16.5. The lowest BCUT2D eigenvalue weighted by Gasteiger charge is -2.23. The number of H-pyrrole nitrogens is 1. The quantitative estimate of drug-likeness (QED) is 0.884. The number of carboxylic acids is 1. The Morgan fingerprint density at radius 1 is 1.45 bits per heavy atom. The maximum atomic E-state index is 11.8. The Balaban J connectivity index is 2.00. The first-order valence-corrected chi connectivity index (χ1v) is 7.28. The zero-order valence-electron chi connectivity index (χ0n) is 12.1. The number of carbonyl (C=O) groups is 1. The molecule has 1 fully saturated rings. The second-order valence-electron chi connectivity index (χ2n) is 5.38. The summed E-state index contributed by atoms with van der Waals surface area (Å²) in [5.74, 6) is -0.272. The van der Waals surface area contributed by atoms with Gasteiger partial charge in [-0.2, -0.15) is 5.26 Å². The highest BCUT2D eigenvalue weighted by Crippen LogP contribution is 2.32. The zero-order valence-corrected chi connectivity index (χ0v) is 12.1. The summed E-state index contributed by atoms with van der Waals surface area (Å²) in [6.07, 6.45) is 3.82. The average Bonchev–Trinajstić information content (AvgIpc) is 3.16. The molecule has 0 bridgehead atoms. The molecule has 6 nitrogen and oxygen atoms in total. The number of nitriles is 1. The fourth-order valence-electron chi connectivity index (χ4n) is 3.04. The lowest BCUT2D eigenvalue weighted by atomic mass is 10.0. The number of nitrogens with zero attached hydrogens (tertiary/aromatic N) is 2. The summed E-state index contributed by atoms with van der Waals surface area (Å²) in [6, 6.07) is 6.68. The molecule has 3 rings (SSSR count). The van der Waals surface area contributed by atoms with Crippen LogP contribution in [-0.4, -0.2) is 40.7 Å². The number of aromatic amines is 1. The van der Waals surface area contributed by atoms with E-state index < -0.39 is 12.0 Å². The number of benzene rings is 1. The van der Waals surface area contributed by atoms with Gasteiger partial charge in [-0.1, -0.05) is 0 Å². The molecule has 1 aromatic carbocycles. The van der Waals surface area contributed by atoms with Crippen molar-refractivity contribution in [2.45, 2.75) is 18.9 Å². The van der Waals surface area contributed by atoms with Crippen molar-refractivity contribution >= 4 is 16.9 Å². The van der Waals surface area contributed by atoms with Crippen LogP contribution >= 0.6 is 0 Å². The monoisotopic (exact) mass is 299 g/mol. The van der Waals surface area contributed by atoms with E-state index in [1.807, 2.05) is 17.0 Å². The standard InChI is InChI=1S/C16H17N3O3/c17-5-8-22-11-3-4-14-12(9-11)13(10-18-14)15(16(20)21)19-6-1-2-7-19/h3-4,9-10,15,18H,1-2,6-8H2,(H,20,21). The second-order valence-corrected chi connectivity index (χ2v) is 5.38. The highest BCUT2D eigenvalue weighted by Gasteiger charge is 2.31. The van der Waals surface area contributed by atoms with Crippen LogP contribution in [0.15, 0.2) is 24.4 Å². The Morgan fingerprint density at radius 3 is 2.91 bits per heavy atom. The number of hydrogen-bond donors (Lipinski definition) is 2. The van der Waals surface area contributed by atoms with E-state index in [9.17, 15) is 9.90 Å². The molecule has 1 aliphatic heterocycles. The number of hydrogen-bond acceptors (Lipinski definition) is 4. The van der Waals surface area contributed by atoms with Crippen LogP contribution in [0.2, 0.25) is 0 Å². The minimum absolute atomic E-state index is 0.0280. The Kier molecular flexibility index (Phi) is 3.98. The topological polar surface area (TPSA) is 89.3 Å². The number of aromatic nitrogens is 1. The predicted molar refractivity (Wildman–Crippen MR) is 80.6 cm³/mol. The number of ether oxygens (including phenoxy) is 1. The molecule has 0 spiro atoms. The minimum Gasteiger partial charge on any atom is -0.480 e. The van der Waals surface area contributed by atoms with Crippen LogP contribution in [-0.2, 0) is 4.79 Å². The summed E-state index contributed by atoms with van der Waals surface area (Å²) >= 11 is 0. The third kappa shape index (κ3) is 2.63. The Labute approximate surface area is 127 Å². The summed E-state index contributed by atoms with van der Waals surface area (Å²) in [6.45, 7) is 1.57. The third-order valence-electron chi connectivity index (χ3n) is 4.02. The van der Waals surface area contributed by atoms with Crippen LogP contribution < -0.4 is 4.74 Å². The lowest BCUT2D eigenvalue weighted by Crippen LogP contribution is -2.31. The van der Waals surface area contributed by atoms with E-state index in [0.717, 1.165) is 42.4 Å². The van der Waals surface area contributed by atoms with Gasteiger partial charge >= 0.3 is 5.97 Å². The van der Waals surface area contributed by atoms with Crippen LogP contribution in [0.4, 0.5) is 0 Å². The Hall–Kier alpha value is -2.52. The summed E-state index contributed by atoms with van der Waals surface area (Å²) in [7, 11) is 0. The third-order valence-corrected chi connectivity index (χ3v) is 4.02. The fraction of sp³-hybridized carbons (Fsp3) is 0.375. The summed E-state index contributed by atoms with van der Waals surface area (Å²) in [4.78, 5) is 16.9. The molecule has 1 atom stereocenters. The maximum absolute atomic E-state index is 11.8. The predicted octanol–water partition coefficient (Wildman–Crippen LogP) is 2.29. The van der Waals surface area contributed by atoms with E-state index in [-0.39, 0.29) is 6.61 Å². The van der Waals surface area contributed by atoms with Crippen LogP contribution in [0.25, 0.3) is 10.9 Å². The Bertz CT molecular complexity index is 726. The molecule has 0 amide bonds. The number of rotatable bonds is 5. The number of likely N-dealkylation sites (tertiary alicyclic amines) is 1. The van der Waals surface area contributed by atoms with Gasteiger partial charge in [0.15, 0.2) is 6.61 Å². The van der Waals surface area contributed by atoms with Gasteiger partial charge in [0, 0.05) is 22.7 Å². The van der Waals surface area contributed by atoms with E-state index in [0.29, 0.717) is 5.75 Å². The molecule has 6 heteroatoms. The van der Waals surface area contributed by atoms with Crippen molar-refractivity contribution in [1.29, 1.82) is 5.26 Å². The molecule has 2 heterocycles. The number of aliphatic carboxylic acids is 1. The highest BCUT2D eigenvalue weighted by molar-refractivity contribution is 5.90. The molecule has 0 saturated carbocycles. The molecule has 114 valence electrons. The van der Waals surface area contributed by atoms with E-state index >= 15 is 0 Å². The smallest absolute Gasteiger partial charge is 0.325 e. The number of carboxylic acid groups (broad SMARTS) is 1. The van der Waals surface area contributed by atoms with Crippen molar-refractivity contribution in [3.63, 3.8) is 0 Å². The average molecular weight is 299 g/mol. The Morgan fingerprint density at radius 2 is 2.23 bits per heavy atom. The first-order chi connectivity index (χ1) is 10.7. The van der Waals surface area contributed by atoms with Gasteiger partial charge in [0.25, 0.3) is 0 Å². The van der Waals surface area contributed by atoms with Crippen LogP contribution in [0.5, 0.6) is 5.75 Å². The summed E-state index contributed by atoms with van der Waals surface area (Å²) < 4.78 is 5.32. The summed E-state index contributed by atoms with van der Waals surface area (Å²) in [5, 5.41) is 19.1. The van der Waals surface area contributed by atoms with E-state index in [1.165, 1.54) is 0 Å². The molecule has 2 aromatic rings. The maximum Gasteiger partial charge on any atom is 0.325 e. The van der Waals surface area contributed by atoms with Crippen molar-refractivity contribution in [2.75, 3.05) is 19.7 Å². The molecular weight excluding hydrogens is 282 g/mol. The van der Waals surface area contributed by atoms with Gasteiger partial charge in [-0.25, -0.2) is 0 Å². The molecular formula is C16H17N3O3. The molecule has 1 aliphatic rings. The van der Waals surface area contributed by atoms with Gasteiger partial charge in [0.1, 0.15) is 17.9 Å². The van der Waals surface area contributed by atoms with Crippen molar-refractivity contribution in [3.05, 3.63) is 30.0 Å². The van der Waals surface area contributed by atoms with Crippen molar-refractivity contribution < 1.29 is 14.6 Å². The minimum atomic E-state index is -0.842. The van der Waals surface area contributed by atoms with Gasteiger partial charge in [-0.05, 0) is 44.1 Å². The SMILES string of the molecule is N#CCOc1ccc2[nH]cc(C(C(=O)O)N3CCCC3)c2c1.